The van der Waals surface area contributed by atoms with Crippen molar-refractivity contribution in [2.45, 2.75) is 64.9 Å². The molecule has 148 valence electrons. The lowest BCUT2D eigenvalue weighted by molar-refractivity contribution is -0.121. The molecule has 0 fully saturated rings. The van der Waals surface area contributed by atoms with Gasteiger partial charge in [0.25, 0.3) is 0 Å². The Kier molecular flexibility index (Phi) is 8.73. The van der Waals surface area contributed by atoms with Gasteiger partial charge in [0.05, 0.1) is 4.90 Å². The third-order valence-electron chi connectivity index (χ3n) is 4.28. The number of nitrogens with zero attached hydrogens (tertiary/aromatic N) is 1. The average molecular weight is 384 g/mol. The fourth-order valence-electron chi connectivity index (χ4n) is 3.00. The van der Waals surface area contributed by atoms with E-state index in [1.165, 1.54) is 0 Å². The second-order valence-electron chi connectivity index (χ2n) is 7.19. The predicted octanol–water partition coefficient (Wildman–Crippen LogP) is 2.21. The lowest BCUT2D eigenvalue weighted by Crippen LogP contribution is -2.42. The lowest BCUT2D eigenvalue weighted by atomic mass is 10.2. The normalized spacial score (nSPS) is 12.2. The summed E-state index contributed by atoms with van der Waals surface area (Å²) >= 11 is 0. The quantitative estimate of drug-likeness (QED) is 0.649. The van der Waals surface area contributed by atoms with Crippen LogP contribution >= 0.6 is 0 Å². The second kappa shape index (κ2) is 10.0. The van der Waals surface area contributed by atoms with Crippen LogP contribution in [0.1, 0.15) is 45.2 Å². The number of hydrogen-bond donors (Lipinski definition) is 2. The molecule has 0 unspecified atom stereocenters. The van der Waals surface area contributed by atoms with E-state index in [-0.39, 0.29) is 23.8 Å². The maximum Gasteiger partial charge on any atom is 0.240 e. The first-order valence-corrected chi connectivity index (χ1v) is 10.6. The minimum absolute atomic E-state index is 0.0829. The lowest BCUT2D eigenvalue weighted by Gasteiger charge is -2.30. The molecule has 0 aliphatic rings. The highest BCUT2D eigenvalue weighted by molar-refractivity contribution is 7.89. The van der Waals surface area contributed by atoms with E-state index in [1.807, 2.05) is 13.0 Å². The molecule has 1 aromatic rings. The van der Waals surface area contributed by atoms with Crippen LogP contribution in [-0.4, -0.2) is 50.9 Å². The molecule has 0 atom stereocenters. The first kappa shape index (κ1) is 22.6. The van der Waals surface area contributed by atoms with Crippen molar-refractivity contribution < 1.29 is 13.2 Å². The molecule has 0 heterocycles. The maximum atomic E-state index is 12.3. The summed E-state index contributed by atoms with van der Waals surface area (Å²) in [6.45, 7) is 13.6. The van der Waals surface area contributed by atoms with Gasteiger partial charge in [0, 0.05) is 38.1 Å². The molecule has 0 bridgehead atoms. The number of aryl methyl sites for hydroxylation is 2. The third-order valence-corrected chi connectivity index (χ3v) is 5.90. The molecule has 7 heteroatoms. The van der Waals surface area contributed by atoms with Crippen LogP contribution in [0.2, 0.25) is 0 Å². The van der Waals surface area contributed by atoms with Crippen LogP contribution in [0.3, 0.4) is 0 Å². The standard InChI is InChI=1S/C19H33N3O3S/c1-14(2)22(15(3)4)12-11-20-19(23)9-10-21-26(24,25)18-8-7-16(5)13-17(18)6/h7-8,13-15,21H,9-12H2,1-6H3,(H,20,23). The number of benzene rings is 1. The summed E-state index contributed by atoms with van der Waals surface area (Å²) in [5.74, 6) is -0.152. The minimum atomic E-state index is -3.60. The molecule has 0 spiro atoms. The number of sulfonamides is 1. The van der Waals surface area contributed by atoms with Gasteiger partial charge in [0.15, 0.2) is 0 Å². The van der Waals surface area contributed by atoms with Crippen molar-refractivity contribution in [3.63, 3.8) is 0 Å². The van der Waals surface area contributed by atoms with Crippen LogP contribution in [0, 0.1) is 13.8 Å². The van der Waals surface area contributed by atoms with Crippen molar-refractivity contribution in [2.24, 2.45) is 0 Å². The Balaban J connectivity index is 2.43. The average Bonchev–Trinajstić information content (AvgIpc) is 2.50. The van der Waals surface area contributed by atoms with Crippen LogP contribution < -0.4 is 10.0 Å². The van der Waals surface area contributed by atoms with Crippen LogP contribution in [-0.2, 0) is 14.8 Å². The van der Waals surface area contributed by atoms with E-state index < -0.39 is 10.0 Å². The molecule has 0 aliphatic carbocycles. The highest BCUT2D eigenvalue weighted by atomic mass is 32.2. The van der Waals surface area contributed by atoms with Gasteiger partial charge in [-0.05, 0) is 53.2 Å². The Bertz CT molecular complexity index is 692. The van der Waals surface area contributed by atoms with Crippen molar-refractivity contribution in [1.29, 1.82) is 0 Å². The molecule has 0 aliphatic heterocycles. The second-order valence-corrected chi connectivity index (χ2v) is 8.93. The fraction of sp³-hybridized carbons (Fsp3) is 0.632. The smallest absolute Gasteiger partial charge is 0.240 e. The van der Waals surface area contributed by atoms with Crippen molar-refractivity contribution in [3.8, 4) is 0 Å². The summed E-state index contributed by atoms with van der Waals surface area (Å²) in [7, 11) is -3.60. The number of nitrogens with one attached hydrogen (secondary N) is 2. The highest BCUT2D eigenvalue weighted by Gasteiger charge is 2.17. The molecule has 1 rings (SSSR count). The molecule has 26 heavy (non-hydrogen) atoms. The van der Waals surface area contributed by atoms with E-state index >= 15 is 0 Å². The molecule has 0 aromatic heterocycles. The van der Waals surface area contributed by atoms with Crippen molar-refractivity contribution >= 4 is 15.9 Å². The zero-order valence-electron chi connectivity index (χ0n) is 16.8. The van der Waals surface area contributed by atoms with Gasteiger partial charge in [0.1, 0.15) is 0 Å². The largest absolute Gasteiger partial charge is 0.355 e. The summed E-state index contributed by atoms with van der Waals surface area (Å²) in [6.07, 6.45) is 0.119. The summed E-state index contributed by atoms with van der Waals surface area (Å²) in [4.78, 5) is 14.5. The summed E-state index contributed by atoms with van der Waals surface area (Å²) < 4.78 is 27.2. The molecule has 0 saturated heterocycles. The van der Waals surface area contributed by atoms with Crippen molar-refractivity contribution in [1.82, 2.24) is 14.9 Å². The van der Waals surface area contributed by atoms with E-state index in [9.17, 15) is 13.2 Å². The Morgan fingerprint density at radius 2 is 1.69 bits per heavy atom. The van der Waals surface area contributed by atoms with E-state index in [2.05, 4.69) is 42.6 Å². The zero-order chi connectivity index (χ0) is 19.9. The van der Waals surface area contributed by atoms with Gasteiger partial charge in [-0.1, -0.05) is 17.7 Å². The summed E-state index contributed by atoms with van der Waals surface area (Å²) in [5, 5.41) is 2.85. The van der Waals surface area contributed by atoms with Gasteiger partial charge in [-0.25, -0.2) is 13.1 Å². The Morgan fingerprint density at radius 1 is 1.08 bits per heavy atom. The predicted molar refractivity (Wildman–Crippen MR) is 106 cm³/mol. The molecule has 0 saturated carbocycles. The number of rotatable bonds is 10. The topological polar surface area (TPSA) is 78.5 Å². The molecular formula is C19H33N3O3S. The van der Waals surface area contributed by atoms with E-state index in [0.717, 1.165) is 12.1 Å². The van der Waals surface area contributed by atoms with Crippen LogP contribution in [0.4, 0.5) is 0 Å². The summed E-state index contributed by atoms with van der Waals surface area (Å²) in [5.41, 5.74) is 1.71. The van der Waals surface area contributed by atoms with Crippen LogP contribution in [0.15, 0.2) is 23.1 Å². The van der Waals surface area contributed by atoms with E-state index in [1.54, 1.807) is 19.1 Å². The molecule has 1 aromatic carbocycles. The van der Waals surface area contributed by atoms with E-state index in [4.69, 9.17) is 0 Å². The maximum absolute atomic E-state index is 12.3. The number of carbonyl (C=O) groups excluding carboxylic acids is 1. The Morgan fingerprint density at radius 3 is 2.23 bits per heavy atom. The molecular weight excluding hydrogens is 350 g/mol. The highest BCUT2D eigenvalue weighted by Crippen LogP contribution is 2.16. The number of hydrogen-bond acceptors (Lipinski definition) is 4. The number of amides is 1. The number of carbonyl (C=O) groups is 1. The zero-order valence-corrected chi connectivity index (χ0v) is 17.6. The first-order valence-electron chi connectivity index (χ1n) is 9.14. The molecule has 0 radical (unpaired) electrons. The Hall–Kier alpha value is -1.44. The SMILES string of the molecule is Cc1ccc(S(=O)(=O)NCCC(=O)NCCN(C(C)C)C(C)C)c(C)c1. The van der Waals surface area contributed by atoms with Gasteiger partial charge < -0.3 is 5.32 Å². The van der Waals surface area contributed by atoms with Crippen molar-refractivity contribution in [3.05, 3.63) is 29.3 Å². The van der Waals surface area contributed by atoms with Gasteiger partial charge in [0.2, 0.25) is 15.9 Å². The van der Waals surface area contributed by atoms with E-state index in [0.29, 0.717) is 24.2 Å². The Labute approximate surface area is 158 Å². The van der Waals surface area contributed by atoms with Crippen LogP contribution in [0.5, 0.6) is 0 Å². The van der Waals surface area contributed by atoms with Gasteiger partial charge in [-0.2, -0.15) is 0 Å². The third kappa shape index (κ3) is 7.05. The monoisotopic (exact) mass is 383 g/mol. The molecule has 2 N–H and O–H groups in total. The fourth-order valence-corrected chi connectivity index (χ4v) is 4.26. The van der Waals surface area contributed by atoms with Crippen molar-refractivity contribution in [2.75, 3.05) is 19.6 Å². The molecule has 6 nitrogen and oxygen atoms in total. The first-order chi connectivity index (χ1) is 12.0. The van der Waals surface area contributed by atoms with Gasteiger partial charge in [-0.15, -0.1) is 0 Å². The summed E-state index contributed by atoms with van der Waals surface area (Å²) in [6, 6.07) is 6.02. The van der Waals surface area contributed by atoms with Gasteiger partial charge in [-0.3, -0.25) is 9.69 Å². The molecule has 1 amide bonds. The van der Waals surface area contributed by atoms with Crippen LogP contribution in [0.25, 0.3) is 0 Å². The minimum Gasteiger partial charge on any atom is -0.355 e. The van der Waals surface area contributed by atoms with Gasteiger partial charge >= 0.3 is 0 Å².